The first-order chi connectivity index (χ1) is 15.7. The van der Waals surface area contributed by atoms with E-state index in [4.69, 9.17) is 9.47 Å². The predicted molar refractivity (Wildman–Crippen MR) is 126 cm³/mol. The Morgan fingerprint density at radius 2 is 1.64 bits per heavy atom. The molecule has 0 aliphatic carbocycles. The SMILES string of the molecule is CCOC(=O)C(C)Oc1ccc(/C=N/NC(=O)C(NC(=O)c2ccc(C)cc2)C(C)C)cc1. The standard InChI is InChI=1S/C25H31N3O5/c1-6-32-25(31)18(5)33-21-13-9-19(10-14-21)15-26-28-24(30)22(16(2)3)27-23(29)20-11-7-17(4)8-12-20/h7-16,18,22H,6H2,1-5H3,(H,27,29)(H,28,30)/b26-15+. The first kappa shape index (κ1) is 25.6. The zero-order valence-corrected chi connectivity index (χ0v) is 19.6. The summed E-state index contributed by atoms with van der Waals surface area (Å²) in [5.41, 5.74) is 4.73. The molecule has 0 radical (unpaired) electrons. The summed E-state index contributed by atoms with van der Waals surface area (Å²) in [5.74, 6) is -0.784. The zero-order valence-electron chi connectivity index (χ0n) is 19.6. The number of esters is 1. The van der Waals surface area contributed by atoms with Crippen molar-refractivity contribution in [3.8, 4) is 5.75 Å². The second-order valence-corrected chi connectivity index (χ2v) is 7.88. The van der Waals surface area contributed by atoms with E-state index in [2.05, 4.69) is 15.8 Å². The van der Waals surface area contributed by atoms with Gasteiger partial charge in [0.1, 0.15) is 11.8 Å². The largest absolute Gasteiger partial charge is 0.479 e. The topological polar surface area (TPSA) is 106 Å². The van der Waals surface area contributed by atoms with Crippen LogP contribution in [-0.4, -0.2) is 42.8 Å². The van der Waals surface area contributed by atoms with Gasteiger partial charge in [-0.25, -0.2) is 10.2 Å². The van der Waals surface area contributed by atoms with Gasteiger partial charge in [-0.05, 0) is 68.7 Å². The first-order valence-corrected chi connectivity index (χ1v) is 10.8. The van der Waals surface area contributed by atoms with Crippen LogP contribution < -0.4 is 15.5 Å². The van der Waals surface area contributed by atoms with Gasteiger partial charge in [-0.2, -0.15) is 5.10 Å². The highest BCUT2D eigenvalue weighted by atomic mass is 16.6. The van der Waals surface area contributed by atoms with E-state index in [0.717, 1.165) is 11.1 Å². The molecule has 2 aromatic rings. The molecule has 0 aliphatic rings. The van der Waals surface area contributed by atoms with Gasteiger partial charge in [0.15, 0.2) is 6.10 Å². The second-order valence-electron chi connectivity index (χ2n) is 7.88. The number of hydrogen-bond donors (Lipinski definition) is 2. The Labute approximate surface area is 194 Å². The van der Waals surface area contributed by atoms with Crippen LogP contribution in [0.25, 0.3) is 0 Å². The number of rotatable bonds is 10. The maximum Gasteiger partial charge on any atom is 0.347 e. The lowest BCUT2D eigenvalue weighted by Gasteiger charge is -2.20. The monoisotopic (exact) mass is 453 g/mol. The van der Waals surface area contributed by atoms with Gasteiger partial charge in [0.25, 0.3) is 11.8 Å². The molecule has 8 heteroatoms. The number of carbonyl (C=O) groups excluding carboxylic acids is 3. The molecule has 0 heterocycles. The number of aryl methyl sites for hydroxylation is 1. The van der Waals surface area contributed by atoms with Gasteiger partial charge in [-0.1, -0.05) is 31.5 Å². The quantitative estimate of drug-likeness (QED) is 0.326. The average molecular weight is 454 g/mol. The molecule has 0 fully saturated rings. The lowest BCUT2D eigenvalue weighted by molar-refractivity contribution is -0.150. The van der Waals surface area contributed by atoms with E-state index in [1.807, 2.05) is 32.9 Å². The molecule has 2 unspecified atom stereocenters. The predicted octanol–water partition coefficient (Wildman–Crippen LogP) is 3.23. The molecule has 0 saturated heterocycles. The molecule has 2 atom stereocenters. The molecule has 33 heavy (non-hydrogen) atoms. The van der Waals surface area contributed by atoms with Crippen LogP contribution in [0.4, 0.5) is 0 Å². The fourth-order valence-electron chi connectivity index (χ4n) is 2.85. The molecule has 176 valence electrons. The Bertz CT molecular complexity index is 969. The smallest absolute Gasteiger partial charge is 0.347 e. The van der Waals surface area contributed by atoms with Crippen molar-refractivity contribution in [3.63, 3.8) is 0 Å². The van der Waals surface area contributed by atoms with Crippen molar-refractivity contribution in [2.24, 2.45) is 11.0 Å². The van der Waals surface area contributed by atoms with Crippen molar-refractivity contribution >= 4 is 24.0 Å². The van der Waals surface area contributed by atoms with E-state index in [9.17, 15) is 14.4 Å². The number of ether oxygens (including phenoxy) is 2. The molecule has 2 rings (SSSR count). The summed E-state index contributed by atoms with van der Waals surface area (Å²) in [6, 6.07) is 13.3. The normalized spacial score (nSPS) is 12.8. The lowest BCUT2D eigenvalue weighted by atomic mass is 10.0. The van der Waals surface area contributed by atoms with Gasteiger partial charge in [-0.15, -0.1) is 0 Å². The molecular weight excluding hydrogens is 422 g/mol. The minimum atomic E-state index is -0.740. The van der Waals surface area contributed by atoms with Gasteiger partial charge < -0.3 is 14.8 Å². The first-order valence-electron chi connectivity index (χ1n) is 10.8. The van der Waals surface area contributed by atoms with Gasteiger partial charge in [0.2, 0.25) is 0 Å². The van der Waals surface area contributed by atoms with Crippen LogP contribution in [0.2, 0.25) is 0 Å². The van der Waals surface area contributed by atoms with E-state index < -0.39 is 24.0 Å². The summed E-state index contributed by atoms with van der Waals surface area (Å²) in [5, 5.41) is 6.75. The van der Waals surface area contributed by atoms with Crippen LogP contribution in [0.15, 0.2) is 53.6 Å². The Kier molecular flexibility index (Phi) is 9.60. The number of nitrogens with zero attached hydrogens (tertiary/aromatic N) is 1. The molecule has 0 saturated carbocycles. The number of carbonyl (C=O) groups is 3. The number of nitrogens with one attached hydrogen (secondary N) is 2. The highest BCUT2D eigenvalue weighted by Gasteiger charge is 2.24. The molecule has 2 aromatic carbocycles. The Balaban J connectivity index is 1.92. The molecule has 0 aliphatic heterocycles. The van der Waals surface area contributed by atoms with Gasteiger partial charge in [-0.3, -0.25) is 9.59 Å². The van der Waals surface area contributed by atoms with Gasteiger partial charge in [0, 0.05) is 5.56 Å². The van der Waals surface area contributed by atoms with E-state index in [1.165, 1.54) is 6.21 Å². The molecule has 2 N–H and O–H groups in total. The van der Waals surface area contributed by atoms with Crippen molar-refractivity contribution < 1.29 is 23.9 Å². The number of benzene rings is 2. The minimum Gasteiger partial charge on any atom is -0.479 e. The highest BCUT2D eigenvalue weighted by molar-refractivity contribution is 5.97. The Hall–Kier alpha value is -3.68. The van der Waals surface area contributed by atoms with Crippen LogP contribution in [0.5, 0.6) is 5.75 Å². The maximum absolute atomic E-state index is 12.6. The minimum absolute atomic E-state index is 0.132. The van der Waals surface area contributed by atoms with E-state index in [1.54, 1.807) is 50.2 Å². The summed E-state index contributed by atoms with van der Waals surface area (Å²) < 4.78 is 10.4. The number of amides is 2. The molecule has 2 amide bonds. The summed E-state index contributed by atoms with van der Waals surface area (Å²) in [6.45, 7) is 9.28. The fraction of sp³-hybridized carbons (Fsp3) is 0.360. The fourth-order valence-corrected chi connectivity index (χ4v) is 2.85. The molecular formula is C25H31N3O5. The summed E-state index contributed by atoms with van der Waals surface area (Å²) >= 11 is 0. The Morgan fingerprint density at radius 3 is 2.21 bits per heavy atom. The van der Waals surface area contributed by atoms with Crippen LogP contribution in [0.1, 0.15) is 49.2 Å². The second kappa shape index (κ2) is 12.4. The van der Waals surface area contributed by atoms with E-state index in [-0.39, 0.29) is 11.8 Å². The third-order valence-corrected chi connectivity index (χ3v) is 4.75. The number of hydrazone groups is 1. The third kappa shape index (κ3) is 8.07. The maximum atomic E-state index is 12.6. The van der Waals surface area contributed by atoms with E-state index in [0.29, 0.717) is 17.9 Å². The van der Waals surface area contributed by atoms with Gasteiger partial charge in [0.05, 0.1) is 12.8 Å². The number of hydrogen-bond acceptors (Lipinski definition) is 6. The van der Waals surface area contributed by atoms with Crippen LogP contribution in [-0.2, 0) is 14.3 Å². The Morgan fingerprint density at radius 1 is 1.00 bits per heavy atom. The molecule has 8 nitrogen and oxygen atoms in total. The van der Waals surface area contributed by atoms with Crippen LogP contribution in [0.3, 0.4) is 0 Å². The van der Waals surface area contributed by atoms with Gasteiger partial charge >= 0.3 is 5.97 Å². The summed E-state index contributed by atoms with van der Waals surface area (Å²) in [4.78, 5) is 36.7. The lowest BCUT2D eigenvalue weighted by Crippen LogP contribution is -2.48. The van der Waals surface area contributed by atoms with Crippen molar-refractivity contribution in [3.05, 3.63) is 65.2 Å². The highest BCUT2D eigenvalue weighted by Crippen LogP contribution is 2.14. The third-order valence-electron chi connectivity index (χ3n) is 4.75. The average Bonchev–Trinajstić information content (AvgIpc) is 2.78. The van der Waals surface area contributed by atoms with E-state index >= 15 is 0 Å². The molecule has 0 aromatic heterocycles. The summed E-state index contributed by atoms with van der Waals surface area (Å²) in [7, 11) is 0. The van der Waals surface area contributed by atoms with Crippen LogP contribution >= 0.6 is 0 Å². The zero-order chi connectivity index (χ0) is 24.4. The van der Waals surface area contributed by atoms with Crippen molar-refractivity contribution in [1.82, 2.24) is 10.7 Å². The molecule has 0 bridgehead atoms. The molecule has 0 spiro atoms. The summed E-state index contributed by atoms with van der Waals surface area (Å²) in [6.07, 6.45) is 0.766. The van der Waals surface area contributed by atoms with Crippen molar-refractivity contribution in [1.29, 1.82) is 0 Å². The van der Waals surface area contributed by atoms with Crippen molar-refractivity contribution in [2.75, 3.05) is 6.61 Å². The van der Waals surface area contributed by atoms with Crippen LogP contribution in [0, 0.1) is 12.8 Å². The van der Waals surface area contributed by atoms with Crippen molar-refractivity contribution in [2.45, 2.75) is 46.8 Å².